The number of rotatable bonds is 5. The third kappa shape index (κ3) is 3.54. The molecule has 0 aliphatic carbocycles. The maximum absolute atomic E-state index is 12.4. The SMILES string of the molecule is CCCn1nc2c(cc1=O)CN([C@@H](C)C(=O)Nc1nccs1)CC2. The van der Waals surface area contributed by atoms with E-state index in [0.29, 0.717) is 18.2 Å². The Kier molecular flexibility index (Phi) is 5.06. The number of aromatic nitrogens is 3. The Morgan fingerprint density at radius 3 is 3.04 bits per heavy atom. The van der Waals surface area contributed by atoms with E-state index in [9.17, 15) is 9.59 Å². The van der Waals surface area contributed by atoms with E-state index in [1.54, 1.807) is 12.3 Å². The van der Waals surface area contributed by atoms with Crippen molar-refractivity contribution in [1.29, 1.82) is 0 Å². The molecule has 0 unspecified atom stereocenters. The molecule has 3 heterocycles. The summed E-state index contributed by atoms with van der Waals surface area (Å²) in [4.78, 5) is 30.6. The van der Waals surface area contributed by atoms with E-state index in [1.165, 1.54) is 16.0 Å². The predicted octanol–water partition coefficient (Wildman–Crippen LogP) is 1.50. The summed E-state index contributed by atoms with van der Waals surface area (Å²) in [6.07, 6.45) is 3.29. The van der Waals surface area contributed by atoms with Crippen molar-refractivity contribution in [3.63, 3.8) is 0 Å². The number of aryl methyl sites for hydroxylation is 1. The lowest BCUT2D eigenvalue weighted by atomic mass is 10.0. The van der Waals surface area contributed by atoms with Crippen molar-refractivity contribution in [2.24, 2.45) is 0 Å². The summed E-state index contributed by atoms with van der Waals surface area (Å²) in [7, 11) is 0. The Labute approximate surface area is 144 Å². The van der Waals surface area contributed by atoms with E-state index in [4.69, 9.17) is 0 Å². The van der Waals surface area contributed by atoms with E-state index in [0.717, 1.165) is 30.6 Å². The Morgan fingerprint density at radius 1 is 1.50 bits per heavy atom. The lowest BCUT2D eigenvalue weighted by molar-refractivity contribution is -0.121. The van der Waals surface area contributed by atoms with Crippen molar-refractivity contribution in [1.82, 2.24) is 19.7 Å². The van der Waals surface area contributed by atoms with E-state index in [-0.39, 0.29) is 17.5 Å². The first-order valence-corrected chi connectivity index (χ1v) is 9.00. The Hall–Kier alpha value is -2.06. The standard InChI is InChI=1S/C16H21N5O2S/c1-3-6-21-14(22)9-12-10-20(7-4-13(12)19-21)11(2)15(23)18-16-17-5-8-24-16/h5,8-9,11H,3-4,6-7,10H2,1-2H3,(H,17,18,23)/t11-/m0/s1. The molecule has 1 atom stereocenters. The molecule has 7 nitrogen and oxygen atoms in total. The summed E-state index contributed by atoms with van der Waals surface area (Å²) in [5.41, 5.74) is 1.82. The maximum atomic E-state index is 12.4. The van der Waals surface area contributed by atoms with Gasteiger partial charge in [0.25, 0.3) is 5.56 Å². The zero-order valence-electron chi connectivity index (χ0n) is 13.9. The summed E-state index contributed by atoms with van der Waals surface area (Å²) >= 11 is 1.40. The molecule has 24 heavy (non-hydrogen) atoms. The number of carbonyl (C=O) groups excluding carboxylic acids is 1. The van der Waals surface area contributed by atoms with Crippen LogP contribution >= 0.6 is 11.3 Å². The van der Waals surface area contributed by atoms with E-state index >= 15 is 0 Å². The first kappa shape index (κ1) is 16.8. The van der Waals surface area contributed by atoms with E-state index in [2.05, 4.69) is 20.3 Å². The second-order valence-corrected chi connectivity index (χ2v) is 6.80. The van der Waals surface area contributed by atoms with Gasteiger partial charge in [0.1, 0.15) is 0 Å². The lowest BCUT2D eigenvalue weighted by Gasteiger charge is -2.32. The Bertz CT molecular complexity index is 771. The molecule has 0 spiro atoms. The smallest absolute Gasteiger partial charge is 0.267 e. The van der Waals surface area contributed by atoms with Crippen LogP contribution in [-0.4, -0.2) is 38.2 Å². The zero-order chi connectivity index (χ0) is 17.1. The minimum absolute atomic E-state index is 0.0719. The molecule has 0 radical (unpaired) electrons. The highest BCUT2D eigenvalue weighted by atomic mass is 32.1. The van der Waals surface area contributed by atoms with Gasteiger partial charge in [0, 0.05) is 43.7 Å². The van der Waals surface area contributed by atoms with Gasteiger partial charge in [-0.05, 0) is 18.9 Å². The zero-order valence-corrected chi connectivity index (χ0v) is 14.7. The summed E-state index contributed by atoms with van der Waals surface area (Å²) in [6, 6.07) is 1.37. The van der Waals surface area contributed by atoms with Crippen LogP contribution in [0.3, 0.4) is 0 Å². The number of carbonyl (C=O) groups is 1. The molecule has 1 aliphatic heterocycles. The van der Waals surface area contributed by atoms with Gasteiger partial charge in [-0.3, -0.25) is 14.5 Å². The van der Waals surface area contributed by atoms with Gasteiger partial charge in [0.05, 0.1) is 11.7 Å². The highest BCUT2D eigenvalue weighted by molar-refractivity contribution is 7.13. The van der Waals surface area contributed by atoms with Crippen LogP contribution in [0.5, 0.6) is 0 Å². The quantitative estimate of drug-likeness (QED) is 0.886. The fourth-order valence-electron chi connectivity index (χ4n) is 2.82. The number of hydrogen-bond donors (Lipinski definition) is 1. The third-order valence-corrected chi connectivity index (χ3v) is 4.89. The molecule has 0 saturated carbocycles. The van der Waals surface area contributed by atoms with Crippen molar-refractivity contribution in [2.75, 3.05) is 11.9 Å². The molecule has 1 aliphatic rings. The minimum Gasteiger partial charge on any atom is -0.301 e. The molecular formula is C16H21N5O2S. The molecule has 2 aromatic rings. The molecule has 0 bridgehead atoms. The van der Waals surface area contributed by atoms with Crippen molar-refractivity contribution in [3.8, 4) is 0 Å². The van der Waals surface area contributed by atoms with Crippen LogP contribution in [0, 0.1) is 0 Å². The van der Waals surface area contributed by atoms with Crippen LogP contribution in [0.2, 0.25) is 0 Å². The van der Waals surface area contributed by atoms with Gasteiger partial charge in [-0.1, -0.05) is 6.92 Å². The Balaban J connectivity index is 1.71. The molecule has 3 rings (SSSR count). The topological polar surface area (TPSA) is 80.1 Å². The van der Waals surface area contributed by atoms with E-state index < -0.39 is 0 Å². The minimum atomic E-state index is -0.292. The van der Waals surface area contributed by atoms with Crippen LogP contribution in [0.25, 0.3) is 0 Å². The number of fused-ring (bicyclic) bond motifs is 1. The summed E-state index contributed by atoms with van der Waals surface area (Å²) in [6.45, 7) is 5.86. The van der Waals surface area contributed by atoms with Gasteiger partial charge < -0.3 is 5.32 Å². The predicted molar refractivity (Wildman–Crippen MR) is 93.1 cm³/mol. The Morgan fingerprint density at radius 2 is 2.33 bits per heavy atom. The van der Waals surface area contributed by atoms with Crippen LogP contribution in [0.1, 0.15) is 31.5 Å². The maximum Gasteiger partial charge on any atom is 0.267 e. The highest BCUT2D eigenvalue weighted by Crippen LogP contribution is 2.19. The van der Waals surface area contributed by atoms with Gasteiger partial charge in [-0.2, -0.15) is 5.10 Å². The van der Waals surface area contributed by atoms with Crippen LogP contribution < -0.4 is 10.9 Å². The number of hydrogen-bond acceptors (Lipinski definition) is 6. The summed E-state index contributed by atoms with van der Waals surface area (Å²) in [5.74, 6) is -0.0827. The molecule has 0 aromatic carbocycles. The number of nitrogens with one attached hydrogen (secondary N) is 1. The first-order valence-electron chi connectivity index (χ1n) is 8.12. The fraction of sp³-hybridized carbons (Fsp3) is 0.500. The number of nitrogens with zero attached hydrogens (tertiary/aromatic N) is 4. The fourth-order valence-corrected chi connectivity index (χ4v) is 3.36. The lowest BCUT2D eigenvalue weighted by Crippen LogP contribution is -2.45. The van der Waals surface area contributed by atoms with Gasteiger partial charge in [-0.25, -0.2) is 9.67 Å². The average molecular weight is 347 g/mol. The molecule has 1 amide bonds. The molecule has 2 aromatic heterocycles. The highest BCUT2D eigenvalue weighted by Gasteiger charge is 2.27. The molecule has 0 saturated heterocycles. The first-order chi connectivity index (χ1) is 11.6. The van der Waals surface area contributed by atoms with Crippen molar-refractivity contribution in [2.45, 2.75) is 45.8 Å². The van der Waals surface area contributed by atoms with Gasteiger partial charge >= 0.3 is 0 Å². The van der Waals surface area contributed by atoms with Crippen molar-refractivity contribution in [3.05, 3.63) is 39.3 Å². The molecule has 1 N–H and O–H groups in total. The van der Waals surface area contributed by atoms with Crippen LogP contribution in [0.15, 0.2) is 22.4 Å². The number of amides is 1. The summed E-state index contributed by atoms with van der Waals surface area (Å²) in [5, 5.41) is 9.72. The number of thiazole rings is 1. The normalized spacial score (nSPS) is 15.8. The molecule has 128 valence electrons. The van der Waals surface area contributed by atoms with Crippen molar-refractivity contribution < 1.29 is 4.79 Å². The van der Waals surface area contributed by atoms with Gasteiger partial charge in [0.15, 0.2) is 5.13 Å². The second-order valence-electron chi connectivity index (χ2n) is 5.90. The molecule has 0 fully saturated rings. The average Bonchev–Trinajstić information content (AvgIpc) is 3.07. The monoisotopic (exact) mass is 347 g/mol. The molecular weight excluding hydrogens is 326 g/mol. The van der Waals surface area contributed by atoms with Gasteiger partial charge in [0.2, 0.25) is 5.91 Å². The number of anilines is 1. The van der Waals surface area contributed by atoms with Crippen LogP contribution in [0.4, 0.5) is 5.13 Å². The van der Waals surface area contributed by atoms with Crippen molar-refractivity contribution >= 4 is 22.4 Å². The van der Waals surface area contributed by atoms with Crippen LogP contribution in [-0.2, 0) is 24.3 Å². The largest absolute Gasteiger partial charge is 0.301 e. The van der Waals surface area contributed by atoms with E-state index in [1.807, 2.05) is 19.2 Å². The second kappa shape index (κ2) is 7.23. The molecule has 8 heteroatoms. The summed E-state index contributed by atoms with van der Waals surface area (Å²) < 4.78 is 1.53. The van der Waals surface area contributed by atoms with Gasteiger partial charge in [-0.15, -0.1) is 11.3 Å². The third-order valence-electron chi connectivity index (χ3n) is 4.20.